The van der Waals surface area contributed by atoms with Crippen molar-refractivity contribution >= 4 is 5.96 Å². The van der Waals surface area contributed by atoms with Crippen LogP contribution in [0.4, 0.5) is 4.39 Å². The number of halogens is 1. The number of rotatable bonds is 6. The molecule has 0 aromatic heterocycles. The minimum Gasteiger partial charge on any atom is -0.356 e. The number of hydrogen-bond donors (Lipinski definition) is 2. The van der Waals surface area contributed by atoms with E-state index in [2.05, 4.69) is 20.5 Å². The van der Waals surface area contributed by atoms with E-state index in [-0.39, 0.29) is 11.2 Å². The van der Waals surface area contributed by atoms with Gasteiger partial charge < -0.3 is 15.5 Å². The second-order valence-corrected chi connectivity index (χ2v) is 7.05. The van der Waals surface area contributed by atoms with Gasteiger partial charge in [0.1, 0.15) is 5.82 Å². The summed E-state index contributed by atoms with van der Waals surface area (Å²) in [4.78, 5) is 6.83. The topological polar surface area (TPSA) is 39.7 Å². The van der Waals surface area contributed by atoms with Gasteiger partial charge in [0.05, 0.1) is 0 Å². The van der Waals surface area contributed by atoms with Crippen LogP contribution in [0, 0.1) is 5.82 Å². The van der Waals surface area contributed by atoms with E-state index in [0.29, 0.717) is 0 Å². The molecule has 1 saturated carbocycles. The van der Waals surface area contributed by atoms with Crippen molar-refractivity contribution in [1.29, 1.82) is 0 Å². The number of nitrogens with zero attached hydrogens (tertiary/aromatic N) is 2. The minimum atomic E-state index is -0.150. The average Bonchev–Trinajstić information content (AvgIpc) is 3.40. The second kappa shape index (κ2) is 7.97. The monoisotopic (exact) mass is 332 g/mol. The third-order valence-corrected chi connectivity index (χ3v) is 5.28. The van der Waals surface area contributed by atoms with Gasteiger partial charge in [0, 0.05) is 32.1 Å². The highest BCUT2D eigenvalue weighted by Crippen LogP contribution is 2.47. The first kappa shape index (κ1) is 17.2. The quantitative estimate of drug-likeness (QED) is 0.621. The number of hydrogen-bond acceptors (Lipinski definition) is 2. The Kier molecular flexibility index (Phi) is 5.72. The molecule has 0 unspecified atom stereocenters. The van der Waals surface area contributed by atoms with Gasteiger partial charge in [0.2, 0.25) is 0 Å². The summed E-state index contributed by atoms with van der Waals surface area (Å²) in [5, 5.41) is 6.83. The Morgan fingerprint density at radius 2 is 2.00 bits per heavy atom. The van der Waals surface area contributed by atoms with Crippen molar-refractivity contribution < 1.29 is 4.39 Å². The Hall–Kier alpha value is -1.62. The third-order valence-electron chi connectivity index (χ3n) is 5.28. The molecular weight excluding hydrogens is 303 g/mol. The van der Waals surface area contributed by atoms with Gasteiger partial charge in [-0.2, -0.15) is 0 Å². The fraction of sp³-hybridized carbons (Fsp3) is 0.632. The minimum absolute atomic E-state index is 0.0760. The zero-order valence-electron chi connectivity index (χ0n) is 14.7. The lowest BCUT2D eigenvalue weighted by molar-refractivity contribution is 0.232. The second-order valence-electron chi connectivity index (χ2n) is 7.05. The van der Waals surface area contributed by atoms with Crippen molar-refractivity contribution in [1.82, 2.24) is 15.5 Å². The van der Waals surface area contributed by atoms with Gasteiger partial charge in [-0.05, 0) is 56.5 Å². The first-order valence-electron chi connectivity index (χ1n) is 9.15. The summed E-state index contributed by atoms with van der Waals surface area (Å²) in [6.07, 6.45) is 6.23. The van der Waals surface area contributed by atoms with Gasteiger partial charge >= 0.3 is 0 Å². The van der Waals surface area contributed by atoms with E-state index in [1.165, 1.54) is 38.4 Å². The highest BCUT2D eigenvalue weighted by atomic mass is 19.1. The molecule has 0 atom stereocenters. The van der Waals surface area contributed by atoms with Gasteiger partial charge in [-0.3, -0.25) is 4.99 Å². The molecule has 3 rings (SSSR count). The molecular formula is C19H29FN4. The molecule has 4 nitrogen and oxygen atoms in total. The van der Waals surface area contributed by atoms with Crippen molar-refractivity contribution in [2.24, 2.45) is 4.99 Å². The lowest BCUT2D eigenvalue weighted by atomic mass is 9.96. The van der Waals surface area contributed by atoms with Crippen molar-refractivity contribution in [3.05, 3.63) is 35.6 Å². The fourth-order valence-electron chi connectivity index (χ4n) is 3.53. The Morgan fingerprint density at radius 1 is 1.21 bits per heavy atom. The summed E-state index contributed by atoms with van der Waals surface area (Å²) < 4.78 is 13.5. The van der Waals surface area contributed by atoms with E-state index in [9.17, 15) is 4.39 Å². The number of aliphatic imine (C=N–C) groups is 1. The number of benzene rings is 1. The van der Waals surface area contributed by atoms with Gasteiger partial charge in [0.25, 0.3) is 0 Å². The maximum atomic E-state index is 13.5. The van der Waals surface area contributed by atoms with Crippen LogP contribution in [0.5, 0.6) is 0 Å². The van der Waals surface area contributed by atoms with Crippen LogP contribution >= 0.6 is 0 Å². The zero-order valence-corrected chi connectivity index (χ0v) is 14.7. The van der Waals surface area contributed by atoms with Crippen molar-refractivity contribution in [2.75, 3.05) is 39.8 Å². The first-order chi connectivity index (χ1) is 11.7. The maximum Gasteiger partial charge on any atom is 0.191 e. The van der Waals surface area contributed by atoms with E-state index >= 15 is 0 Å². The Balaban J connectivity index is 1.44. The number of piperidine rings is 1. The van der Waals surface area contributed by atoms with Crippen LogP contribution in [0.1, 0.15) is 37.7 Å². The van der Waals surface area contributed by atoms with E-state index in [4.69, 9.17) is 0 Å². The standard InChI is InChI=1S/C19H29FN4/c1-21-18(22-10-13-24-11-3-2-4-12-24)23-15-19(8-9-19)16-6-5-7-17(20)14-16/h5-7,14H,2-4,8-13,15H2,1H3,(H2,21,22,23). The summed E-state index contributed by atoms with van der Waals surface area (Å²) in [7, 11) is 1.80. The van der Waals surface area contributed by atoms with Crippen LogP contribution in [0.2, 0.25) is 0 Å². The molecule has 2 aliphatic rings. The SMILES string of the molecule is CN=C(NCCN1CCCCC1)NCC1(c2cccc(F)c2)CC1. The molecule has 2 fully saturated rings. The molecule has 1 aromatic rings. The van der Waals surface area contributed by atoms with E-state index in [1.54, 1.807) is 19.2 Å². The number of guanidine groups is 1. The summed E-state index contributed by atoms with van der Waals surface area (Å²) in [6, 6.07) is 7.01. The fourth-order valence-corrected chi connectivity index (χ4v) is 3.53. The van der Waals surface area contributed by atoms with Gasteiger partial charge in [-0.15, -0.1) is 0 Å². The van der Waals surface area contributed by atoms with Crippen molar-refractivity contribution in [3.63, 3.8) is 0 Å². The third kappa shape index (κ3) is 4.47. The van der Waals surface area contributed by atoms with Crippen LogP contribution in [0.3, 0.4) is 0 Å². The van der Waals surface area contributed by atoms with E-state index in [1.807, 2.05) is 6.07 Å². The predicted octanol–water partition coefficient (Wildman–Crippen LogP) is 2.51. The Bertz CT molecular complexity index is 562. The van der Waals surface area contributed by atoms with Crippen LogP contribution in [-0.4, -0.2) is 50.6 Å². The smallest absolute Gasteiger partial charge is 0.191 e. The lowest BCUT2D eigenvalue weighted by Gasteiger charge is -2.26. The normalized spacial score (nSPS) is 20.7. The largest absolute Gasteiger partial charge is 0.356 e. The molecule has 1 saturated heterocycles. The van der Waals surface area contributed by atoms with Gasteiger partial charge in [-0.25, -0.2) is 4.39 Å². The molecule has 1 aliphatic heterocycles. The van der Waals surface area contributed by atoms with Crippen molar-refractivity contribution in [3.8, 4) is 0 Å². The van der Waals surface area contributed by atoms with Crippen LogP contribution < -0.4 is 10.6 Å². The molecule has 1 aliphatic carbocycles. The summed E-state index contributed by atoms with van der Waals surface area (Å²) >= 11 is 0. The number of nitrogens with one attached hydrogen (secondary N) is 2. The molecule has 0 radical (unpaired) electrons. The summed E-state index contributed by atoms with van der Waals surface area (Å²) in [5.74, 6) is 0.692. The van der Waals surface area contributed by atoms with Gasteiger partial charge in [0.15, 0.2) is 5.96 Å². The van der Waals surface area contributed by atoms with E-state index in [0.717, 1.165) is 44.0 Å². The summed E-state index contributed by atoms with van der Waals surface area (Å²) in [5.41, 5.74) is 1.17. The molecule has 2 N–H and O–H groups in total. The van der Waals surface area contributed by atoms with E-state index < -0.39 is 0 Å². The molecule has 24 heavy (non-hydrogen) atoms. The first-order valence-corrected chi connectivity index (χ1v) is 9.15. The maximum absolute atomic E-state index is 13.5. The molecule has 0 spiro atoms. The predicted molar refractivity (Wildman–Crippen MR) is 97.0 cm³/mol. The van der Waals surface area contributed by atoms with Crippen LogP contribution in [0.25, 0.3) is 0 Å². The van der Waals surface area contributed by atoms with Gasteiger partial charge in [-0.1, -0.05) is 18.6 Å². The Labute approximate surface area is 144 Å². The highest BCUT2D eigenvalue weighted by molar-refractivity contribution is 5.79. The molecule has 5 heteroatoms. The molecule has 0 amide bonds. The lowest BCUT2D eigenvalue weighted by Crippen LogP contribution is -2.44. The summed E-state index contributed by atoms with van der Waals surface area (Å²) in [6.45, 7) is 5.22. The molecule has 132 valence electrons. The zero-order chi connectivity index (χ0) is 16.8. The molecule has 1 heterocycles. The van der Waals surface area contributed by atoms with Crippen LogP contribution in [-0.2, 0) is 5.41 Å². The highest BCUT2D eigenvalue weighted by Gasteiger charge is 2.44. The van der Waals surface area contributed by atoms with Crippen molar-refractivity contribution in [2.45, 2.75) is 37.5 Å². The molecule has 0 bridgehead atoms. The Morgan fingerprint density at radius 3 is 2.67 bits per heavy atom. The average molecular weight is 332 g/mol. The number of likely N-dealkylation sites (tertiary alicyclic amines) is 1. The van der Waals surface area contributed by atoms with Crippen LogP contribution in [0.15, 0.2) is 29.3 Å². The molecule has 1 aromatic carbocycles.